The van der Waals surface area contributed by atoms with Crippen LogP contribution in [0.1, 0.15) is 5.56 Å². The lowest BCUT2D eigenvalue weighted by Crippen LogP contribution is -2.33. The van der Waals surface area contributed by atoms with Gasteiger partial charge in [-0.1, -0.05) is 0 Å². The maximum Gasteiger partial charge on any atom is 0.322 e. The minimum absolute atomic E-state index is 0.0807. The fourth-order valence-electron chi connectivity index (χ4n) is 1.51. The van der Waals surface area contributed by atoms with Crippen LogP contribution in [0.5, 0.6) is 5.75 Å². The van der Waals surface area contributed by atoms with Gasteiger partial charge in [-0.3, -0.25) is 14.9 Å². The summed E-state index contributed by atoms with van der Waals surface area (Å²) in [6, 6.07) is 3.25. The summed E-state index contributed by atoms with van der Waals surface area (Å²) in [5.74, 6) is -0.136. The third-order valence-electron chi connectivity index (χ3n) is 2.42. The highest BCUT2D eigenvalue weighted by atomic mass is 16.6. The van der Waals surface area contributed by atoms with Crippen LogP contribution < -0.4 is 10.5 Å². The number of non-ortho nitro benzene ring substituents is 1. The summed E-state index contributed by atoms with van der Waals surface area (Å²) in [7, 11) is 2.67. The molecule has 1 unspecified atom stereocenters. The Morgan fingerprint density at radius 2 is 2.17 bits per heavy atom. The van der Waals surface area contributed by atoms with Crippen molar-refractivity contribution in [2.45, 2.75) is 12.5 Å². The molecule has 1 aromatic rings. The van der Waals surface area contributed by atoms with E-state index >= 15 is 0 Å². The van der Waals surface area contributed by atoms with Crippen LogP contribution in [0.2, 0.25) is 0 Å². The second-order valence-corrected chi connectivity index (χ2v) is 3.59. The molecule has 0 spiro atoms. The van der Waals surface area contributed by atoms with Crippen LogP contribution in [0, 0.1) is 10.1 Å². The molecule has 0 saturated heterocycles. The summed E-state index contributed by atoms with van der Waals surface area (Å²) < 4.78 is 9.56. The normalized spacial score (nSPS) is 11.7. The van der Waals surface area contributed by atoms with Crippen molar-refractivity contribution in [1.29, 1.82) is 0 Å². The maximum atomic E-state index is 11.2. The van der Waals surface area contributed by atoms with Crippen LogP contribution in [0.25, 0.3) is 0 Å². The monoisotopic (exact) mass is 254 g/mol. The van der Waals surface area contributed by atoms with Gasteiger partial charge in [0.15, 0.2) is 0 Å². The molecule has 2 N–H and O–H groups in total. The number of hydrogen-bond donors (Lipinski definition) is 1. The van der Waals surface area contributed by atoms with Gasteiger partial charge in [-0.2, -0.15) is 0 Å². The molecule has 0 aliphatic heterocycles. The Balaban J connectivity index is 3.01. The third-order valence-corrected chi connectivity index (χ3v) is 2.42. The number of nitrogens with two attached hydrogens (primary N) is 1. The van der Waals surface area contributed by atoms with Crippen LogP contribution in [-0.2, 0) is 16.0 Å². The van der Waals surface area contributed by atoms with Crippen molar-refractivity contribution in [3.63, 3.8) is 0 Å². The Morgan fingerprint density at radius 1 is 1.50 bits per heavy atom. The quantitative estimate of drug-likeness (QED) is 0.470. The van der Waals surface area contributed by atoms with Crippen molar-refractivity contribution in [2.75, 3.05) is 14.2 Å². The number of nitro benzene ring substituents is 1. The summed E-state index contributed by atoms with van der Waals surface area (Å²) in [5.41, 5.74) is 6.02. The first-order valence-corrected chi connectivity index (χ1v) is 5.14. The number of benzene rings is 1. The van der Waals surface area contributed by atoms with Gasteiger partial charge < -0.3 is 15.2 Å². The number of carbonyl (C=O) groups excluding carboxylic acids is 1. The summed E-state index contributed by atoms with van der Waals surface area (Å²) in [4.78, 5) is 21.4. The molecule has 0 bridgehead atoms. The minimum atomic E-state index is -0.883. The van der Waals surface area contributed by atoms with E-state index in [4.69, 9.17) is 10.5 Å². The molecule has 0 radical (unpaired) electrons. The Hall–Kier alpha value is -2.15. The first-order chi connectivity index (χ1) is 8.49. The van der Waals surface area contributed by atoms with Crippen LogP contribution >= 0.6 is 0 Å². The highest BCUT2D eigenvalue weighted by molar-refractivity contribution is 5.76. The lowest BCUT2D eigenvalue weighted by molar-refractivity contribution is -0.384. The summed E-state index contributed by atoms with van der Waals surface area (Å²) >= 11 is 0. The van der Waals surface area contributed by atoms with Gasteiger partial charge in [0.05, 0.1) is 19.1 Å². The van der Waals surface area contributed by atoms with E-state index in [0.717, 1.165) is 0 Å². The van der Waals surface area contributed by atoms with Crippen molar-refractivity contribution in [3.05, 3.63) is 33.9 Å². The standard InChI is InChI=1S/C11H14N2O5/c1-17-10-4-3-8(13(15)16)5-7(10)6-9(12)11(14)18-2/h3-5,9H,6,12H2,1-2H3. The molecule has 0 fully saturated rings. The van der Waals surface area contributed by atoms with Crippen LogP contribution in [0.3, 0.4) is 0 Å². The highest BCUT2D eigenvalue weighted by Crippen LogP contribution is 2.25. The average molecular weight is 254 g/mol. The highest BCUT2D eigenvalue weighted by Gasteiger charge is 2.19. The number of nitrogens with zero attached hydrogens (tertiary/aromatic N) is 1. The molecule has 7 nitrogen and oxygen atoms in total. The second-order valence-electron chi connectivity index (χ2n) is 3.59. The number of hydrogen-bond acceptors (Lipinski definition) is 6. The molecule has 98 valence electrons. The number of nitro groups is 1. The fourth-order valence-corrected chi connectivity index (χ4v) is 1.51. The lowest BCUT2D eigenvalue weighted by Gasteiger charge is -2.12. The Kier molecular flexibility index (Phi) is 4.61. The molecule has 7 heteroatoms. The van der Waals surface area contributed by atoms with Crippen LogP contribution in [-0.4, -0.2) is 31.2 Å². The van der Waals surface area contributed by atoms with Crippen molar-refractivity contribution >= 4 is 11.7 Å². The zero-order valence-corrected chi connectivity index (χ0v) is 10.1. The molecule has 18 heavy (non-hydrogen) atoms. The smallest absolute Gasteiger partial charge is 0.322 e. The van der Waals surface area contributed by atoms with E-state index in [9.17, 15) is 14.9 Å². The van der Waals surface area contributed by atoms with Gasteiger partial charge >= 0.3 is 5.97 Å². The molecular weight excluding hydrogens is 240 g/mol. The van der Waals surface area contributed by atoms with E-state index in [1.165, 1.54) is 32.4 Å². The lowest BCUT2D eigenvalue weighted by atomic mass is 10.0. The molecule has 0 aromatic heterocycles. The van der Waals surface area contributed by atoms with Crippen molar-refractivity contribution in [2.24, 2.45) is 5.73 Å². The second kappa shape index (κ2) is 5.97. The molecule has 1 atom stereocenters. The number of esters is 1. The average Bonchev–Trinajstić information content (AvgIpc) is 2.37. The molecule has 0 aliphatic carbocycles. The number of rotatable bonds is 5. The molecule has 1 rings (SSSR count). The van der Waals surface area contributed by atoms with Gasteiger partial charge in [0, 0.05) is 24.1 Å². The topological polar surface area (TPSA) is 105 Å². The van der Waals surface area contributed by atoms with Gasteiger partial charge in [0.2, 0.25) is 0 Å². The summed E-state index contributed by atoms with van der Waals surface area (Å²) in [6.07, 6.45) is 0.109. The van der Waals surface area contributed by atoms with E-state index in [1.807, 2.05) is 0 Å². The summed E-state index contributed by atoms with van der Waals surface area (Å²) in [5, 5.41) is 10.7. The Morgan fingerprint density at radius 3 is 2.67 bits per heavy atom. The summed E-state index contributed by atoms with van der Waals surface area (Å²) in [6.45, 7) is 0. The molecule has 0 aliphatic rings. The van der Waals surface area contributed by atoms with Gasteiger partial charge in [-0.15, -0.1) is 0 Å². The third kappa shape index (κ3) is 3.17. The van der Waals surface area contributed by atoms with E-state index in [-0.39, 0.29) is 12.1 Å². The van der Waals surface area contributed by atoms with Crippen molar-refractivity contribution in [1.82, 2.24) is 0 Å². The molecule has 1 aromatic carbocycles. The van der Waals surface area contributed by atoms with Gasteiger partial charge in [0.1, 0.15) is 11.8 Å². The molecular formula is C11H14N2O5. The largest absolute Gasteiger partial charge is 0.496 e. The fraction of sp³-hybridized carbons (Fsp3) is 0.364. The number of methoxy groups -OCH3 is 2. The van der Waals surface area contributed by atoms with E-state index in [2.05, 4.69) is 4.74 Å². The molecule has 0 saturated carbocycles. The predicted octanol–water partition coefficient (Wildman–Crippen LogP) is 0.646. The van der Waals surface area contributed by atoms with E-state index < -0.39 is 16.9 Å². The Labute approximate surface area is 104 Å². The zero-order chi connectivity index (χ0) is 13.7. The van der Waals surface area contributed by atoms with E-state index in [0.29, 0.717) is 11.3 Å². The zero-order valence-electron chi connectivity index (χ0n) is 10.1. The van der Waals surface area contributed by atoms with Gasteiger partial charge in [-0.25, -0.2) is 0 Å². The number of carbonyl (C=O) groups is 1. The van der Waals surface area contributed by atoms with E-state index in [1.54, 1.807) is 0 Å². The van der Waals surface area contributed by atoms with Gasteiger partial charge in [-0.05, 0) is 6.07 Å². The van der Waals surface area contributed by atoms with Crippen LogP contribution in [0.15, 0.2) is 18.2 Å². The van der Waals surface area contributed by atoms with Gasteiger partial charge in [0.25, 0.3) is 5.69 Å². The van der Waals surface area contributed by atoms with Crippen LogP contribution in [0.4, 0.5) is 5.69 Å². The first-order valence-electron chi connectivity index (χ1n) is 5.14. The van der Waals surface area contributed by atoms with Crippen molar-refractivity contribution < 1.29 is 19.2 Å². The molecule has 0 amide bonds. The Bertz CT molecular complexity index is 461. The maximum absolute atomic E-state index is 11.2. The molecule has 0 heterocycles. The van der Waals surface area contributed by atoms with Crippen molar-refractivity contribution in [3.8, 4) is 5.75 Å². The SMILES string of the molecule is COC(=O)C(N)Cc1cc([N+](=O)[O-])ccc1OC. The predicted molar refractivity (Wildman–Crippen MR) is 63.3 cm³/mol. The number of ether oxygens (including phenoxy) is 2. The minimum Gasteiger partial charge on any atom is -0.496 e. The first kappa shape index (κ1) is 13.9.